The largest absolute Gasteiger partial charge is 0.493 e. The summed E-state index contributed by atoms with van der Waals surface area (Å²) in [5.74, 6) is 3.00. The predicted molar refractivity (Wildman–Crippen MR) is 121 cm³/mol. The first-order valence-electron chi connectivity index (χ1n) is 9.46. The average Bonchev–Trinajstić information content (AvgIpc) is 3.37. The van der Waals surface area contributed by atoms with Gasteiger partial charge in [0.1, 0.15) is 0 Å². The lowest BCUT2D eigenvalue weighted by atomic mass is 10.1. The molecule has 0 saturated heterocycles. The van der Waals surface area contributed by atoms with Gasteiger partial charge in [-0.1, -0.05) is 17.4 Å². The topological polar surface area (TPSA) is 93.4 Å². The van der Waals surface area contributed by atoms with Gasteiger partial charge in [0.25, 0.3) is 5.56 Å². The number of thiazole rings is 1. The number of nitrogens with zero attached hydrogens (tertiary/aromatic N) is 3. The van der Waals surface area contributed by atoms with Crippen LogP contribution in [0.2, 0.25) is 0 Å². The zero-order chi connectivity index (χ0) is 22.8. The summed E-state index contributed by atoms with van der Waals surface area (Å²) in [7, 11) is 7.74. The van der Waals surface area contributed by atoms with E-state index in [9.17, 15) is 4.79 Å². The Labute approximate surface area is 187 Å². The first-order chi connectivity index (χ1) is 15.5. The minimum absolute atomic E-state index is 0.258. The van der Waals surface area contributed by atoms with Gasteiger partial charge in [-0.3, -0.25) is 4.79 Å². The third-order valence-electron chi connectivity index (χ3n) is 4.81. The summed E-state index contributed by atoms with van der Waals surface area (Å²) < 4.78 is 28.5. The molecule has 0 radical (unpaired) electrons. The molecular formula is C22H21N3O6S. The summed E-state index contributed by atoms with van der Waals surface area (Å²) in [5, 5.41) is 4.40. The number of benzene rings is 2. The van der Waals surface area contributed by atoms with Gasteiger partial charge in [0.2, 0.25) is 10.7 Å². The molecule has 2 aromatic carbocycles. The first kappa shape index (κ1) is 21.4. The SMILES string of the molecule is COc1ccc(/C=c2/sc3nc(-c4cc(OC)c(OC)c(OC)c4)nn3c2=O)cc1OC. The summed E-state index contributed by atoms with van der Waals surface area (Å²) >= 11 is 1.25. The van der Waals surface area contributed by atoms with Gasteiger partial charge < -0.3 is 23.7 Å². The number of fused-ring (bicyclic) bond motifs is 1. The highest BCUT2D eigenvalue weighted by Gasteiger charge is 2.18. The van der Waals surface area contributed by atoms with Gasteiger partial charge in [0.15, 0.2) is 28.8 Å². The van der Waals surface area contributed by atoms with Crippen LogP contribution in [0.15, 0.2) is 35.1 Å². The minimum Gasteiger partial charge on any atom is -0.493 e. The molecule has 0 amide bonds. The summed E-state index contributed by atoms with van der Waals surface area (Å²) in [6.07, 6.45) is 1.77. The van der Waals surface area contributed by atoms with Gasteiger partial charge in [-0.25, -0.2) is 0 Å². The van der Waals surface area contributed by atoms with Crippen LogP contribution in [0.5, 0.6) is 28.7 Å². The van der Waals surface area contributed by atoms with Gasteiger partial charge >= 0.3 is 0 Å². The highest BCUT2D eigenvalue weighted by molar-refractivity contribution is 7.15. The molecule has 0 N–H and O–H groups in total. The fraction of sp³-hybridized carbons (Fsp3) is 0.227. The van der Waals surface area contributed by atoms with E-state index in [4.69, 9.17) is 23.7 Å². The summed E-state index contributed by atoms with van der Waals surface area (Å²) in [5.41, 5.74) is 1.18. The molecule has 10 heteroatoms. The Bertz CT molecular complexity index is 1370. The van der Waals surface area contributed by atoms with Crippen molar-refractivity contribution in [2.24, 2.45) is 0 Å². The van der Waals surface area contributed by atoms with Crippen molar-refractivity contribution in [2.45, 2.75) is 0 Å². The van der Waals surface area contributed by atoms with Gasteiger partial charge in [0.05, 0.1) is 40.1 Å². The van der Waals surface area contributed by atoms with Gasteiger partial charge in [-0.05, 0) is 35.9 Å². The maximum atomic E-state index is 12.9. The molecule has 32 heavy (non-hydrogen) atoms. The van der Waals surface area contributed by atoms with Crippen molar-refractivity contribution >= 4 is 22.4 Å². The maximum Gasteiger partial charge on any atom is 0.291 e. The van der Waals surface area contributed by atoms with E-state index in [1.54, 1.807) is 44.6 Å². The van der Waals surface area contributed by atoms with E-state index in [1.807, 2.05) is 6.07 Å². The molecule has 0 unspecified atom stereocenters. The van der Waals surface area contributed by atoms with Crippen molar-refractivity contribution < 1.29 is 23.7 Å². The summed E-state index contributed by atoms with van der Waals surface area (Å²) in [4.78, 5) is 17.9. The van der Waals surface area contributed by atoms with Crippen LogP contribution in [0.4, 0.5) is 0 Å². The lowest BCUT2D eigenvalue weighted by Gasteiger charge is -2.12. The van der Waals surface area contributed by atoms with Crippen molar-refractivity contribution in [1.82, 2.24) is 14.6 Å². The van der Waals surface area contributed by atoms with E-state index in [0.717, 1.165) is 5.56 Å². The van der Waals surface area contributed by atoms with Crippen LogP contribution in [-0.2, 0) is 0 Å². The fourth-order valence-corrected chi connectivity index (χ4v) is 4.17. The second-order valence-electron chi connectivity index (χ2n) is 6.57. The summed E-state index contributed by atoms with van der Waals surface area (Å²) in [6.45, 7) is 0. The number of hydrogen-bond acceptors (Lipinski definition) is 9. The molecule has 2 aromatic heterocycles. The Morgan fingerprint density at radius 3 is 2.06 bits per heavy atom. The number of rotatable bonds is 7. The van der Waals surface area contributed by atoms with E-state index < -0.39 is 0 Å². The molecule has 0 bridgehead atoms. The molecule has 0 aliphatic rings. The van der Waals surface area contributed by atoms with Crippen LogP contribution < -0.4 is 33.8 Å². The van der Waals surface area contributed by atoms with Crippen molar-refractivity contribution in [3.63, 3.8) is 0 Å². The molecule has 4 aromatic rings. The van der Waals surface area contributed by atoms with Crippen LogP contribution in [-0.4, -0.2) is 50.1 Å². The second kappa shape index (κ2) is 8.75. The third kappa shape index (κ3) is 3.69. The minimum atomic E-state index is -0.258. The van der Waals surface area contributed by atoms with E-state index in [0.29, 0.717) is 49.6 Å². The van der Waals surface area contributed by atoms with Crippen molar-refractivity contribution in [3.05, 3.63) is 50.8 Å². The molecule has 0 aliphatic heterocycles. The van der Waals surface area contributed by atoms with Crippen molar-refractivity contribution in [2.75, 3.05) is 35.5 Å². The van der Waals surface area contributed by atoms with E-state index >= 15 is 0 Å². The van der Waals surface area contributed by atoms with Crippen molar-refractivity contribution in [1.29, 1.82) is 0 Å². The Morgan fingerprint density at radius 2 is 1.50 bits per heavy atom. The molecular weight excluding hydrogens is 434 g/mol. The molecule has 4 rings (SSSR count). The lowest BCUT2D eigenvalue weighted by Crippen LogP contribution is -2.23. The standard InChI is InChI=1S/C22H21N3O6S/c1-27-14-7-6-12(8-15(14)28-2)9-18-21(26)25-22(32-18)23-20(24-25)13-10-16(29-3)19(31-5)17(11-13)30-4/h6-11H,1-5H3/b18-9+. The lowest BCUT2D eigenvalue weighted by molar-refractivity contribution is 0.324. The van der Waals surface area contributed by atoms with Gasteiger partial charge in [-0.15, -0.1) is 5.10 Å². The van der Waals surface area contributed by atoms with Gasteiger partial charge in [0, 0.05) is 5.56 Å². The smallest absolute Gasteiger partial charge is 0.291 e. The Hall–Kier alpha value is -3.79. The fourth-order valence-electron chi connectivity index (χ4n) is 3.26. The third-order valence-corrected chi connectivity index (χ3v) is 5.77. The zero-order valence-corrected chi connectivity index (χ0v) is 19.0. The van der Waals surface area contributed by atoms with Crippen molar-refractivity contribution in [3.8, 4) is 40.1 Å². The van der Waals surface area contributed by atoms with E-state index in [2.05, 4.69) is 10.1 Å². The average molecular weight is 455 g/mol. The normalized spacial score (nSPS) is 11.6. The predicted octanol–water partition coefficient (Wildman–Crippen LogP) is 2.41. The molecule has 0 atom stereocenters. The number of methoxy groups -OCH3 is 5. The molecule has 166 valence electrons. The molecule has 9 nitrogen and oxygen atoms in total. The Morgan fingerprint density at radius 1 is 0.844 bits per heavy atom. The Kier molecular flexibility index (Phi) is 5.87. The molecule has 0 fully saturated rings. The quantitative estimate of drug-likeness (QED) is 0.420. The number of aromatic nitrogens is 3. The van der Waals surface area contributed by atoms with Crippen LogP contribution >= 0.6 is 11.3 Å². The van der Waals surface area contributed by atoms with Crippen LogP contribution in [0.3, 0.4) is 0 Å². The van der Waals surface area contributed by atoms with Crippen LogP contribution in [0, 0.1) is 0 Å². The monoisotopic (exact) mass is 455 g/mol. The molecule has 0 saturated carbocycles. The maximum absolute atomic E-state index is 12.9. The molecule has 0 aliphatic carbocycles. The molecule has 2 heterocycles. The highest BCUT2D eigenvalue weighted by Crippen LogP contribution is 2.40. The molecule has 0 spiro atoms. The summed E-state index contributed by atoms with van der Waals surface area (Å²) in [6, 6.07) is 8.91. The number of ether oxygens (including phenoxy) is 5. The van der Waals surface area contributed by atoms with Gasteiger partial charge in [-0.2, -0.15) is 9.50 Å². The first-order valence-corrected chi connectivity index (χ1v) is 10.3. The van der Waals surface area contributed by atoms with E-state index in [1.165, 1.54) is 37.2 Å². The van der Waals surface area contributed by atoms with E-state index in [-0.39, 0.29) is 5.56 Å². The highest BCUT2D eigenvalue weighted by atomic mass is 32.1. The number of hydrogen-bond donors (Lipinski definition) is 0. The second-order valence-corrected chi connectivity index (χ2v) is 7.58. The van der Waals surface area contributed by atoms with Crippen LogP contribution in [0.1, 0.15) is 5.56 Å². The van der Waals surface area contributed by atoms with Crippen LogP contribution in [0.25, 0.3) is 22.4 Å². The Balaban J connectivity index is 1.78. The zero-order valence-electron chi connectivity index (χ0n) is 18.2.